The molecule has 1 unspecified atom stereocenters. The molecule has 0 aromatic carbocycles. The number of rotatable bonds is 1. The van der Waals surface area contributed by atoms with Gasteiger partial charge in [-0.1, -0.05) is 24.3 Å². The molecule has 1 rings (SSSR count). The summed E-state index contributed by atoms with van der Waals surface area (Å²) in [6.45, 7) is 11.0. The van der Waals surface area contributed by atoms with Crippen molar-refractivity contribution in [3.8, 4) is 0 Å². The average molecular weight is 119 g/mol. The minimum absolute atomic E-state index is 0.350. The van der Waals surface area contributed by atoms with Crippen molar-refractivity contribution in [3.05, 3.63) is 35.7 Å². The fourth-order valence-corrected chi connectivity index (χ4v) is 0.959. The van der Waals surface area contributed by atoms with Gasteiger partial charge in [-0.05, 0) is 6.42 Å². The molecule has 0 fully saturated rings. The van der Waals surface area contributed by atoms with Crippen molar-refractivity contribution in [2.75, 3.05) is 6.54 Å². The molecule has 46 valence electrons. The second-order valence-electron chi connectivity index (χ2n) is 2.24. The summed E-state index contributed by atoms with van der Waals surface area (Å²) in [6.07, 6.45) is 5.12. The third kappa shape index (κ3) is 1.20. The average Bonchev–Trinajstić information content (AvgIpc) is 2.18. The summed E-state index contributed by atoms with van der Waals surface area (Å²) in [7, 11) is 0. The zero-order valence-electron chi connectivity index (χ0n) is 5.30. The van der Waals surface area contributed by atoms with E-state index in [2.05, 4.69) is 23.6 Å². The minimum atomic E-state index is 0.350. The van der Waals surface area contributed by atoms with Gasteiger partial charge in [0.25, 0.3) is 0 Å². The van der Waals surface area contributed by atoms with E-state index in [0.717, 1.165) is 6.42 Å². The number of nitrogens with zero attached hydrogens (tertiary/aromatic N) is 1. The van der Waals surface area contributed by atoms with Crippen LogP contribution in [0.1, 0.15) is 6.42 Å². The second-order valence-corrected chi connectivity index (χ2v) is 2.24. The van der Waals surface area contributed by atoms with Gasteiger partial charge >= 0.3 is 0 Å². The highest BCUT2D eigenvalue weighted by Crippen LogP contribution is 2.22. The fraction of sp³-hybridized carbons (Fsp3) is 0.375. The van der Waals surface area contributed by atoms with E-state index < -0.39 is 0 Å². The first-order valence-corrected chi connectivity index (χ1v) is 3.02. The van der Waals surface area contributed by atoms with Gasteiger partial charge in [-0.15, -0.1) is 0 Å². The van der Waals surface area contributed by atoms with Crippen LogP contribution in [0.3, 0.4) is 0 Å². The molecule has 1 nitrogen and oxygen atoms in total. The molecule has 1 atom stereocenters. The van der Waals surface area contributed by atoms with Crippen LogP contribution in [0.2, 0.25) is 0 Å². The topological polar surface area (TPSA) is 4.36 Å². The third-order valence-electron chi connectivity index (χ3n) is 1.56. The summed E-state index contributed by atoms with van der Waals surface area (Å²) in [5.41, 5.74) is 1.19. The van der Waals surface area contributed by atoms with E-state index in [0.29, 0.717) is 12.5 Å². The van der Waals surface area contributed by atoms with Crippen molar-refractivity contribution in [2.24, 2.45) is 5.92 Å². The lowest BCUT2D eigenvalue weighted by Crippen LogP contribution is -1.96. The molecule has 0 saturated heterocycles. The molecule has 0 saturated carbocycles. The summed E-state index contributed by atoms with van der Waals surface area (Å²) in [4.78, 5) is 3.31. The van der Waals surface area contributed by atoms with E-state index in [1.807, 2.05) is 0 Å². The molecule has 9 heavy (non-hydrogen) atoms. The minimum Gasteiger partial charge on any atom is -0.316 e. The van der Waals surface area contributed by atoms with Crippen molar-refractivity contribution >= 4 is 0 Å². The maximum absolute atomic E-state index is 6.61. The summed E-state index contributed by atoms with van der Waals surface area (Å²) in [5.74, 6) is 0.350. The second kappa shape index (κ2) is 2.50. The van der Waals surface area contributed by atoms with Gasteiger partial charge in [0.1, 0.15) is 0 Å². The van der Waals surface area contributed by atoms with Gasteiger partial charge in [-0.3, -0.25) is 0 Å². The highest BCUT2D eigenvalue weighted by Gasteiger charge is 2.14. The van der Waals surface area contributed by atoms with Gasteiger partial charge in [0, 0.05) is 0 Å². The molecule has 1 aliphatic carbocycles. The Hall–Kier alpha value is -1.03. The summed E-state index contributed by atoms with van der Waals surface area (Å²) in [5, 5.41) is 0. The van der Waals surface area contributed by atoms with E-state index in [1.54, 1.807) is 0 Å². The van der Waals surface area contributed by atoms with Crippen LogP contribution in [0, 0.1) is 12.5 Å². The van der Waals surface area contributed by atoms with Gasteiger partial charge in [0.15, 0.2) is 0 Å². The zero-order valence-corrected chi connectivity index (χ0v) is 5.30. The van der Waals surface area contributed by atoms with E-state index >= 15 is 0 Å². The quantitative estimate of drug-likeness (QED) is 0.367. The van der Waals surface area contributed by atoms with Crippen LogP contribution >= 0.6 is 0 Å². The first-order chi connectivity index (χ1) is 4.34. The predicted octanol–water partition coefficient (Wildman–Crippen LogP) is 2.04. The van der Waals surface area contributed by atoms with E-state index in [9.17, 15) is 0 Å². The van der Waals surface area contributed by atoms with Crippen molar-refractivity contribution in [1.82, 2.24) is 0 Å². The highest BCUT2D eigenvalue weighted by atomic mass is 14.6. The fourth-order valence-electron chi connectivity index (χ4n) is 0.959. The van der Waals surface area contributed by atoms with Gasteiger partial charge < -0.3 is 4.85 Å². The van der Waals surface area contributed by atoms with Gasteiger partial charge in [-0.2, -0.15) is 0 Å². The Morgan fingerprint density at radius 1 is 1.89 bits per heavy atom. The Balaban J connectivity index is 2.52. The first-order valence-electron chi connectivity index (χ1n) is 3.02. The van der Waals surface area contributed by atoms with E-state index in [-0.39, 0.29) is 0 Å². The summed E-state index contributed by atoms with van der Waals surface area (Å²) >= 11 is 0. The summed E-state index contributed by atoms with van der Waals surface area (Å²) in [6, 6.07) is 0. The normalized spacial score (nSPS) is 24.3. The van der Waals surface area contributed by atoms with Crippen LogP contribution in [0.25, 0.3) is 4.85 Å². The molecular formula is C8H9N. The number of hydrogen-bond acceptors (Lipinski definition) is 0. The smallest absolute Gasteiger partial charge is 0.224 e. The predicted molar refractivity (Wildman–Crippen MR) is 37.9 cm³/mol. The molecule has 1 heteroatoms. The number of hydrogen-bond donors (Lipinski definition) is 0. The van der Waals surface area contributed by atoms with Crippen LogP contribution in [0.5, 0.6) is 0 Å². The molecule has 0 spiro atoms. The Morgan fingerprint density at radius 2 is 2.67 bits per heavy atom. The molecule has 0 aromatic heterocycles. The van der Waals surface area contributed by atoms with Crippen molar-refractivity contribution < 1.29 is 0 Å². The maximum Gasteiger partial charge on any atom is 0.224 e. The first kappa shape index (κ1) is 6.10. The lowest BCUT2D eigenvalue weighted by atomic mass is 10.1. The zero-order chi connectivity index (χ0) is 6.69. The van der Waals surface area contributed by atoms with Crippen LogP contribution in [-0.4, -0.2) is 6.54 Å². The molecule has 0 heterocycles. The Bertz CT molecular complexity index is 183. The van der Waals surface area contributed by atoms with E-state index in [1.165, 1.54) is 5.57 Å². The van der Waals surface area contributed by atoms with Crippen LogP contribution in [0.4, 0.5) is 0 Å². The number of allylic oxidation sites excluding steroid dienone is 1. The van der Waals surface area contributed by atoms with E-state index in [4.69, 9.17) is 6.57 Å². The van der Waals surface area contributed by atoms with Gasteiger partial charge in [-0.25, -0.2) is 6.57 Å². The van der Waals surface area contributed by atoms with Gasteiger partial charge in [0.05, 0.1) is 5.92 Å². The van der Waals surface area contributed by atoms with Crippen LogP contribution < -0.4 is 0 Å². The molecule has 1 aliphatic rings. The van der Waals surface area contributed by atoms with Crippen molar-refractivity contribution in [3.63, 3.8) is 0 Å². The van der Waals surface area contributed by atoms with Crippen molar-refractivity contribution in [1.29, 1.82) is 0 Å². The molecule has 0 amide bonds. The monoisotopic (exact) mass is 119 g/mol. The van der Waals surface area contributed by atoms with Crippen molar-refractivity contribution in [2.45, 2.75) is 6.42 Å². The summed E-state index contributed by atoms with van der Waals surface area (Å²) < 4.78 is 0. The maximum atomic E-state index is 6.61. The lowest BCUT2D eigenvalue weighted by Gasteiger charge is -1.98. The SMILES string of the molecule is [C-]#[N+]CC1C=CCC1=C. The molecule has 0 aromatic rings. The molecule has 0 N–H and O–H groups in total. The van der Waals surface area contributed by atoms with Crippen LogP contribution in [-0.2, 0) is 0 Å². The molecule has 0 radical (unpaired) electrons. The largest absolute Gasteiger partial charge is 0.316 e. The van der Waals surface area contributed by atoms with Gasteiger partial charge in [0.2, 0.25) is 6.54 Å². The van der Waals surface area contributed by atoms with Crippen LogP contribution in [0.15, 0.2) is 24.3 Å². The molecule has 0 bridgehead atoms. The molecular weight excluding hydrogens is 110 g/mol. The Labute approximate surface area is 55.5 Å². The Morgan fingerprint density at radius 3 is 3.11 bits per heavy atom. The molecule has 0 aliphatic heterocycles. The highest BCUT2D eigenvalue weighted by molar-refractivity contribution is 5.21. The third-order valence-corrected chi connectivity index (χ3v) is 1.56. The Kier molecular flexibility index (Phi) is 1.69. The lowest BCUT2D eigenvalue weighted by molar-refractivity contribution is 0.849. The standard InChI is InChI=1S/C8H9N/c1-7-4-3-5-8(7)6-9-2/h3,5,8H,1,4,6H2.